The number of carbonyl (C=O) groups is 5. The Morgan fingerprint density at radius 1 is 0.843 bits per heavy atom. The summed E-state index contributed by atoms with van der Waals surface area (Å²) in [6.07, 6.45) is 15.3. The summed E-state index contributed by atoms with van der Waals surface area (Å²) in [6.45, 7) is 4.33. The topological polar surface area (TPSA) is 175 Å². The second-order valence-corrected chi connectivity index (χ2v) is 18.8. The lowest BCUT2D eigenvalue weighted by molar-refractivity contribution is -0.783. The third-order valence-corrected chi connectivity index (χ3v) is 14.7. The van der Waals surface area contributed by atoms with Crippen LogP contribution in [-0.4, -0.2) is 97.9 Å². The second kappa shape index (κ2) is 16.9. The van der Waals surface area contributed by atoms with Gasteiger partial charge in [0.15, 0.2) is 0 Å². The summed E-state index contributed by atoms with van der Waals surface area (Å²) in [5, 5.41) is 11.7. The van der Waals surface area contributed by atoms with E-state index in [0.717, 1.165) is 89.9 Å². The van der Waals surface area contributed by atoms with Crippen LogP contribution in [0.4, 0.5) is 4.79 Å². The summed E-state index contributed by atoms with van der Waals surface area (Å²) in [4.78, 5) is 69.7. The summed E-state index contributed by atoms with van der Waals surface area (Å²) in [5.41, 5.74) is -1.48. The number of nitrogens with zero attached hydrogens (tertiary/aromatic N) is 1. The Morgan fingerprint density at radius 2 is 1.49 bits per heavy atom. The summed E-state index contributed by atoms with van der Waals surface area (Å²) >= 11 is 0. The van der Waals surface area contributed by atoms with Crippen molar-refractivity contribution in [2.45, 2.75) is 178 Å². The largest absolute Gasteiger partial charge is 0.347 e. The molecular weight excluding hydrogens is 673 g/mol. The maximum atomic E-state index is 14.6. The molecule has 5 fully saturated rings. The third kappa shape index (κ3) is 9.83. The van der Waals surface area contributed by atoms with Crippen LogP contribution in [0.1, 0.15) is 142 Å². The molecule has 0 aromatic heterocycles. The lowest BCUT2D eigenvalue weighted by atomic mass is 9.70. The number of rotatable bonds is 16. The van der Waals surface area contributed by atoms with Gasteiger partial charge in [0.05, 0.1) is 18.6 Å². The molecule has 51 heavy (non-hydrogen) atoms. The minimum atomic E-state index is -3.56. The van der Waals surface area contributed by atoms with Gasteiger partial charge in [-0.3, -0.25) is 19.2 Å². The molecule has 0 radical (unpaired) electrons. The summed E-state index contributed by atoms with van der Waals surface area (Å²) in [5.74, 6) is -2.29. The fraction of sp³-hybridized carbons (Fsp3) is 0.865. The molecule has 5 amide bonds. The van der Waals surface area contributed by atoms with Crippen molar-refractivity contribution in [3.63, 3.8) is 0 Å². The predicted molar refractivity (Wildman–Crippen MR) is 193 cm³/mol. The lowest BCUT2D eigenvalue weighted by Crippen LogP contribution is -3.16. The average molecular weight is 736 g/mol. The minimum absolute atomic E-state index is 0.0156. The van der Waals surface area contributed by atoms with E-state index in [-0.39, 0.29) is 23.7 Å². The van der Waals surface area contributed by atoms with E-state index in [1.165, 1.54) is 0 Å². The first kappa shape index (κ1) is 39.5. The van der Waals surface area contributed by atoms with Crippen LogP contribution >= 0.6 is 0 Å². The van der Waals surface area contributed by atoms with E-state index >= 15 is 0 Å². The van der Waals surface area contributed by atoms with E-state index in [9.17, 15) is 32.4 Å². The van der Waals surface area contributed by atoms with E-state index in [1.54, 1.807) is 11.9 Å². The van der Waals surface area contributed by atoms with Gasteiger partial charge in [-0.05, 0) is 69.6 Å². The van der Waals surface area contributed by atoms with E-state index in [2.05, 4.69) is 21.3 Å². The van der Waals surface area contributed by atoms with Crippen molar-refractivity contribution < 1.29 is 36.7 Å². The number of hydrogen-bond donors (Lipinski definition) is 5. The Balaban J connectivity index is 1.31. The zero-order valence-electron chi connectivity index (χ0n) is 31.2. The number of sulfonamides is 1. The second-order valence-electron chi connectivity index (χ2n) is 16.6. The van der Waals surface area contributed by atoms with Crippen molar-refractivity contribution >= 4 is 39.6 Å². The van der Waals surface area contributed by atoms with E-state index in [1.807, 2.05) is 13.8 Å². The molecule has 1 saturated heterocycles. The van der Waals surface area contributed by atoms with Crippen LogP contribution in [0.25, 0.3) is 0 Å². The highest BCUT2D eigenvalue weighted by atomic mass is 32.2. The number of quaternary nitrogens is 1. The Morgan fingerprint density at radius 3 is 2.08 bits per heavy atom. The smallest absolute Gasteiger partial charge is 0.315 e. The van der Waals surface area contributed by atoms with Crippen molar-refractivity contribution in [1.29, 1.82) is 0 Å². The molecule has 0 spiro atoms. The quantitative estimate of drug-likeness (QED) is 0.151. The van der Waals surface area contributed by atoms with Crippen LogP contribution in [0.5, 0.6) is 0 Å². The van der Waals surface area contributed by atoms with Crippen molar-refractivity contribution in [2.24, 2.45) is 5.41 Å². The Bertz CT molecular complexity index is 1390. The van der Waals surface area contributed by atoms with Crippen molar-refractivity contribution in [3.05, 3.63) is 0 Å². The maximum absolute atomic E-state index is 14.6. The zero-order valence-corrected chi connectivity index (χ0v) is 32.0. The molecule has 5 aliphatic rings. The highest BCUT2D eigenvalue weighted by Crippen LogP contribution is 2.40. The number of urea groups is 1. The van der Waals surface area contributed by atoms with Crippen molar-refractivity contribution in [1.82, 2.24) is 26.2 Å². The predicted octanol–water partition coefficient (Wildman–Crippen LogP) is 2.24. The maximum Gasteiger partial charge on any atom is 0.315 e. The molecule has 5 rings (SSSR count). The van der Waals surface area contributed by atoms with Gasteiger partial charge in [-0.25, -0.2) is 9.10 Å². The average Bonchev–Trinajstić information content (AvgIpc) is 3.74. The van der Waals surface area contributed by atoms with E-state index in [0.29, 0.717) is 49.4 Å². The van der Waals surface area contributed by atoms with Crippen LogP contribution in [0.15, 0.2) is 0 Å². The van der Waals surface area contributed by atoms with Gasteiger partial charge in [0.25, 0.3) is 15.9 Å². The Labute approximate surface area is 304 Å². The molecule has 0 aromatic carbocycles. The first-order chi connectivity index (χ1) is 24.3. The van der Waals surface area contributed by atoms with Crippen molar-refractivity contribution in [3.8, 4) is 0 Å². The van der Waals surface area contributed by atoms with Gasteiger partial charge in [0.2, 0.25) is 17.6 Å². The molecule has 4 atom stereocenters. The molecule has 1 aliphatic heterocycles. The monoisotopic (exact) mass is 735 g/mol. The highest BCUT2D eigenvalue weighted by Gasteiger charge is 2.48. The number of amides is 5. The third-order valence-electron chi connectivity index (χ3n) is 12.5. The standard InChI is InChI=1S/C37H62N6O7S/c1-4-5-16-28(30(44)33(46)38-26-18-19-26)39-32(45)29-17-13-24-43(29)34(47)31(36(2)20-8-6-9-21-36)40-35(48)41-37(22-10-7-11-23-37)25-51(49,50)42(3)27-14-12-15-27/h26-29,31H,4-25H2,1-3H3,(H,38,46)(H,39,45)(H2,40,41,48)/p+1/t28?,29-,31+/m0/s1. The van der Waals surface area contributed by atoms with Crippen LogP contribution in [-0.2, 0) is 29.2 Å². The van der Waals surface area contributed by atoms with Gasteiger partial charge in [0.1, 0.15) is 23.9 Å². The van der Waals surface area contributed by atoms with Crippen LogP contribution < -0.4 is 25.6 Å². The molecule has 4 aliphatic carbocycles. The van der Waals surface area contributed by atoms with Crippen LogP contribution in [0.2, 0.25) is 0 Å². The van der Waals surface area contributed by atoms with Crippen LogP contribution in [0.3, 0.4) is 0 Å². The fourth-order valence-corrected chi connectivity index (χ4v) is 10.8. The van der Waals surface area contributed by atoms with Gasteiger partial charge in [0, 0.05) is 25.4 Å². The Kier molecular flexibility index (Phi) is 13.1. The number of hydrogen-bond acceptors (Lipinski definition) is 7. The summed E-state index contributed by atoms with van der Waals surface area (Å²) < 4.78 is 27.8. The molecule has 14 heteroatoms. The highest BCUT2D eigenvalue weighted by molar-refractivity contribution is 7.85. The number of likely N-dealkylation sites (tertiary alicyclic amines) is 1. The molecule has 0 bridgehead atoms. The summed E-state index contributed by atoms with van der Waals surface area (Å²) in [6, 6.07) is -3.18. The first-order valence-corrected chi connectivity index (χ1v) is 21.5. The zero-order chi connectivity index (χ0) is 36.8. The molecule has 1 heterocycles. The number of ketones is 1. The minimum Gasteiger partial charge on any atom is -0.347 e. The molecule has 0 aromatic rings. The number of carbonyl (C=O) groups excluding carboxylic acids is 5. The molecule has 2 unspecified atom stereocenters. The lowest BCUT2D eigenvalue weighted by Gasteiger charge is -2.43. The molecule has 288 valence electrons. The fourth-order valence-electron chi connectivity index (χ4n) is 8.73. The molecule has 13 nitrogen and oxygen atoms in total. The molecular formula is C37H63N6O7S+. The van der Waals surface area contributed by atoms with Gasteiger partial charge in [-0.1, -0.05) is 65.2 Å². The molecule has 4 saturated carbocycles. The van der Waals surface area contributed by atoms with Gasteiger partial charge < -0.3 is 26.2 Å². The summed E-state index contributed by atoms with van der Waals surface area (Å²) in [7, 11) is -1.83. The number of nitrogens with one attached hydrogen (secondary N) is 5. The van der Waals surface area contributed by atoms with Gasteiger partial charge in [-0.15, -0.1) is 0 Å². The first-order valence-electron chi connectivity index (χ1n) is 19.9. The van der Waals surface area contributed by atoms with E-state index in [4.69, 9.17) is 0 Å². The van der Waals surface area contributed by atoms with E-state index < -0.39 is 62.7 Å². The normalized spacial score (nSPS) is 25.1. The molecule has 5 N–H and O–H groups in total. The SMILES string of the molecule is CCCCC(NC(=O)[C@@H]1CCCN1C(=O)[C@@H](NC(=O)NC1(CS(=O)(=O)[NH+](C)C2CCC2)CCCCC1)C1(C)CCCCC1)C(=O)C(=O)NC1CC1. The Hall–Kier alpha value is -2.74. The van der Waals surface area contributed by atoms with Gasteiger partial charge >= 0.3 is 6.03 Å². The number of unbranched alkanes of at least 4 members (excludes halogenated alkanes) is 1. The van der Waals surface area contributed by atoms with Crippen molar-refractivity contribution in [2.75, 3.05) is 19.3 Å². The van der Waals surface area contributed by atoms with Crippen LogP contribution in [0, 0.1) is 5.41 Å². The number of Topliss-reactive ketones (excluding diaryl/α,β-unsaturated/α-hetero) is 1. The van der Waals surface area contributed by atoms with Gasteiger partial charge in [-0.2, -0.15) is 8.42 Å².